The number of fused-ring (bicyclic) bond motifs is 2. The summed E-state index contributed by atoms with van der Waals surface area (Å²) >= 11 is 0. The molecule has 0 fully saturated rings. The first-order valence-electron chi connectivity index (χ1n) is 19.1. The molecule has 0 atom stereocenters. The van der Waals surface area contributed by atoms with E-state index in [1.807, 2.05) is 30.3 Å². The number of unbranched alkanes of at least 4 members (excludes halogenated alkanes) is 2. The van der Waals surface area contributed by atoms with Gasteiger partial charge in [0.15, 0.2) is 5.71 Å². The van der Waals surface area contributed by atoms with Crippen LogP contribution < -0.4 is 44.9 Å². The summed E-state index contributed by atoms with van der Waals surface area (Å²) in [5, 5.41) is 15.6. The summed E-state index contributed by atoms with van der Waals surface area (Å²) in [6, 6.07) is 23.6. The second-order valence-corrected chi connectivity index (χ2v) is 19.0. The molecular formula is C43H53N3NaO7S2+. The summed E-state index contributed by atoms with van der Waals surface area (Å²) in [4.78, 5) is 2.28. The van der Waals surface area contributed by atoms with Crippen LogP contribution >= 0.6 is 0 Å². The Bertz CT molecular complexity index is 2280. The summed E-state index contributed by atoms with van der Waals surface area (Å²) in [5.74, 6) is -0.560. The zero-order chi connectivity index (χ0) is 39.6. The van der Waals surface area contributed by atoms with E-state index in [0.29, 0.717) is 45.3 Å². The maximum Gasteiger partial charge on any atom is 1.00 e. The van der Waals surface area contributed by atoms with Crippen LogP contribution in [0.15, 0.2) is 107 Å². The van der Waals surface area contributed by atoms with Gasteiger partial charge in [0.05, 0.1) is 16.9 Å². The van der Waals surface area contributed by atoms with Gasteiger partial charge in [-0.1, -0.05) is 80.6 Å². The maximum absolute atomic E-state index is 11.8. The fourth-order valence-electron chi connectivity index (χ4n) is 8.58. The molecule has 3 aromatic rings. The van der Waals surface area contributed by atoms with Crippen molar-refractivity contribution in [2.24, 2.45) is 0 Å². The third-order valence-electron chi connectivity index (χ3n) is 11.2. The van der Waals surface area contributed by atoms with Gasteiger partial charge < -0.3 is 15.3 Å². The van der Waals surface area contributed by atoms with Crippen LogP contribution in [0.2, 0.25) is 0 Å². The smallest absolute Gasteiger partial charge is 0.872 e. The van der Waals surface area contributed by atoms with Gasteiger partial charge in [-0.25, -0.2) is 0 Å². The summed E-state index contributed by atoms with van der Waals surface area (Å²) in [6.45, 7) is 10.8. The number of allylic oxidation sites excluding steroid dienone is 5. The molecule has 0 amide bonds. The SMILES string of the molecule is CC1(C)C(C2=C(NCCc3ccc([O-])cc3)/C(=C/C=C3\N(CCCCS(=O)(=O)O)c4ccccc4C3(C)C)CC2)=[N+](CCCCS(=O)(=O)O)c2ccccc21.[Na+]. The van der Waals surface area contributed by atoms with Crippen molar-refractivity contribution in [2.45, 2.75) is 83.5 Å². The Morgan fingerprint density at radius 1 is 0.786 bits per heavy atom. The van der Waals surface area contributed by atoms with Crippen LogP contribution in [0, 0.1) is 0 Å². The van der Waals surface area contributed by atoms with Crippen LogP contribution in [0.5, 0.6) is 5.75 Å². The van der Waals surface area contributed by atoms with Crippen molar-refractivity contribution in [3.05, 3.63) is 124 Å². The normalized spacial score (nSPS) is 18.8. The van der Waals surface area contributed by atoms with E-state index in [1.165, 1.54) is 28.0 Å². The second kappa shape index (κ2) is 17.7. The molecule has 0 aromatic heterocycles. The molecule has 2 aliphatic heterocycles. The Labute approximate surface area is 354 Å². The molecule has 0 bridgehead atoms. The molecular weight excluding hydrogens is 758 g/mol. The first kappa shape index (κ1) is 43.9. The number of hydrogen-bond donors (Lipinski definition) is 3. The van der Waals surface area contributed by atoms with Gasteiger partial charge in [0.25, 0.3) is 20.2 Å². The summed E-state index contributed by atoms with van der Waals surface area (Å²) in [7, 11) is -8.09. The van der Waals surface area contributed by atoms with Crippen molar-refractivity contribution < 1.29 is 65.2 Å². The summed E-state index contributed by atoms with van der Waals surface area (Å²) < 4.78 is 67.1. The number of nitrogens with zero attached hydrogens (tertiary/aromatic N) is 2. The first-order valence-corrected chi connectivity index (χ1v) is 22.4. The van der Waals surface area contributed by atoms with E-state index >= 15 is 0 Å². The van der Waals surface area contributed by atoms with Gasteiger partial charge in [0, 0.05) is 59.2 Å². The van der Waals surface area contributed by atoms with Crippen molar-refractivity contribution in [3.63, 3.8) is 0 Å². The van der Waals surface area contributed by atoms with Crippen molar-refractivity contribution in [2.75, 3.05) is 36.0 Å². The molecule has 0 spiro atoms. The van der Waals surface area contributed by atoms with Crippen molar-refractivity contribution in [1.82, 2.24) is 5.32 Å². The first-order chi connectivity index (χ1) is 26.0. The number of anilines is 1. The molecule has 294 valence electrons. The molecule has 3 aliphatic rings. The van der Waals surface area contributed by atoms with Gasteiger partial charge in [0.1, 0.15) is 6.54 Å². The Balaban J connectivity index is 0.00000600. The number of hydrogen-bond acceptors (Lipinski definition) is 7. The number of para-hydroxylation sites is 2. The number of nitrogens with one attached hydrogen (secondary N) is 1. The molecule has 2 heterocycles. The minimum atomic E-state index is -4.05. The Morgan fingerprint density at radius 3 is 2.09 bits per heavy atom. The van der Waals surface area contributed by atoms with Crippen LogP contribution in [0.25, 0.3) is 0 Å². The maximum atomic E-state index is 11.8. The molecule has 3 N–H and O–H groups in total. The molecule has 1 aliphatic carbocycles. The Morgan fingerprint density at radius 2 is 1.41 bits per heavy atom. The van der Waals surface area contributed by atoms with Gasteiger partial charge in [-0.3, -0.25) is 9.11 Å². The topological polar surface area (TPSA) is 150 Å². The van der Waals surface area contributed by atoms with Gasteiger partial charge in [-0.2, -0.15) is 21.4 Å². The van der Waals surface area contributed by atoms with Crippen molar-refractivity contribution >= 4 is 37.3 Å². The standard InChI is InChI=1S/C43H53N3O7S2.Na/c1-42(2)35-13-5-7-15-37(35)45(27-9-11-29-54(48,49)50)39(42)24-20-32-19-23-34(40(32)44-26-25-31-17-21-33(47)22-18-31)41-43(3,4)36-14-6-8-16-38(36)46(41)28-10-12-30-55(51,52)53;/h5-8,13-18,20-22,24H,9-12,19,23,25-30H2,1-4H3,(H3,47,48,49,50,51,52,53);/q;+1/b32-20+,39-24-;. The molecule has 0 saturated heterocycles. The molecule has 56 heavy (non-hydrogen) atoms. The zero-order valence-electron chi connectivity index (χ0n) is 33.2. The molecule has 0 radical (unpaired) electrons. The molecule has 13 heteroatoms. The van der Waals surface area contributed by atoms with E-state index in [2.05, 4.69) is 85.0 Å². The van der Waals surface area contributed by atoms with Crippen LogP contribution in [-0.4, -0.2) is 67.4 Å². The minimum absolute atomic E-state index is 0. The predicted molar refractivity (Wildman–Crippen MR) is 217 cm³/mol. The Hall–Kier alpha value is -3.23. The van der Waals surface area contributed by atoms with Crippen molar-refractivity contribution in [3.8, 4) is 5.75 Å². The van der Waals surface area contributed by atoms with Crippen LogP contribution in [0.1, 0.15) is 82.9 Å². The fourth-order valence-corrected chi connectivity index (χ4v) is 9.72. The van der Waals surface area contributed by atoms with Crippen LogP contribution in [0.4, 0.5) is 11.4 Å². The summed E-state index contributed by atoms with van der Waals surface area (Å²) in [5.41, 5.74) is 10.8. The molecule has 0 unspecified atom stereocenters. The monoisotopic (exact) mass is 810 g/mol. The molecule has 6 rings (SSSR count). The fraction of sp³-hybridized carbons (Fsp3) is 0.419. The molecule has 0 saturated carbocycles. The summed E-state index contributed by atoms with van der Waals surface area (Å²) in [6.07, 6.45) is 8.65. The number of rotatable bonds is 16. The van der Waals surface area contributed by atoms with E-state index in [4.69, 9.17) is 0 Å². The largest absolute Gasteiger partial charge is 1.00 e. The van der Waals surface area contributed by atoms with E-state index in [9.17, 15) is 31.0 Å². The third kappa shape index (κ3) is 9.89. The quantitative estimate of drug-likeness (QED) is 0.0846. The Kier molecular flexibility index (Phi) is 13.9. The second-order valence-electron chi connectivity index (χ2n) is 15.8. The van der Waals surface area contributed by atoms with Gasteiger partial charge in [-0.15, -0.1) is 5.75 Å². The molecule has 10 nitrogen and oxygen atoms in total. The van der Waals surface area contributed by atoms with Crippen LogP contribution in [0.3, 0.4) is 0 Å². The third-order valence-corrected chi connectivity index (χ3v) is 12.8. The van der Waals surface area contributed by atoms with Crippen LogP contribution in [-0.2, 0) is 37.5 Å². The average molecular weight is 811 g/mol. The van der Waals surface area contributed by atoms with Crippen molar-refractivity contribution in [1.29, 1.82) is 0 Å². The van der Waals surface area contributed by atoms with Gasteiger partial charge in [-0.05, 0) is 81.2 Å². The average Bonchev–Trinajstić information content (AvgIpc) is 3.68. The minimum Gasteiger partial charge on any atom is -0.872 e. The van der Waals surface area contributed by atoms with Gasteiger partial charge in [0.2, 0.25) is 5.69 Å². The van der Waals surface area contributed by atoms with E-state index < -0.39 is 20.2 Å². The zero-order valence-corrected chi connectivity index (χ0v) is 36.8. The molecule has 3 aromatic carbocycles. The predicted octanol–water partition coefficient (Wildman–Crippen LogP) is 3.96. The number of benzene rings is 3. The van der Waals surface area contributed by atoms with E-state index in [0.717, 1.165) is 47.6 Å². The van der Waals surface area contributed by atoms with E-state index in [-0.39, 0.29) is 57.6 Å². The van der Waals surface area contributed by atoms with Gasteiger partial charge >= 0.3 is 29.6 Å². The van der Waals surface area contributed by atoms with E-state index in [1.54, 1.807) is 12.1 Å².